The summed E-state index contributed by atoms with van der Waals surface area (Å²) in [5.74, 6) is 0.691. The number of alkyl halides is 1. The van der Waals surface area contributed by atoms with Gasteiger partial charge in [0.05, 0.1) is 11.6 Å². The van der Waals surface area contributed by atoms with E-state index in [2.05, 4.69) is 21.8 Å². The van der Waals surface area contributed by atoms with Crippen LogP contribution >= 0.6 is 22.9 Å². The highest BCUT2D eigenvalue weighted by molar-refractivity contribution is 7.08. The van der Waals surface area contributed by atoms with Crippen LogP contribution in [-0.4, -0.2) is 11.7 Å². The van der Waals surface area contributed by atoms with E-state index in [1.165, 1.54) is 11.1 Å². The highest BCUT2D eigenvalue weighted by Crippen LogP contribution is 2.24. The summed E-state index contributed by atoms with van der Waals surface area (Å²) < 4.78 is 0. The third-order valence-electron chi connectivity index (χ3n) is 2.13. The molecule has 0 amide bonds. The van der Waals surface area contributed by atoms with Crippen LogP contribution in [0.4, 0.5) is 5.69 Å². The highest BCUT2D eigenvalue weighted by atomic mass is 35.5. The van der Waals surface area contributed by atoms with E-state index in [4.69, 9.17) is 17.3 Å². The number of benzene rings is 1. The Labute approximate surface area is 103 Å². The van der Waals surface area contributed by atoms with Crippen molar-refractivity contribution in [3.63, 3.8) is 0 Å². The number of thiophene rings is 1. The molecule has 0 aliphatic carbocycles. The van der Waals surface area contributed by atoms with Crippen LogP contribution in [0.1, 0.15) is 0 Å². The van der Waals surface area contributed by atoms with Crippen molar-refractivity contribution in [2.45, 2.75) is 0 Å². The lowest BCUT2D eigenvalue weighted by Crippen LogP contribution is -2.12. The number of nitrogens with zero attached hydrogens (tertiary/aromatic N) is 1. The molecule has 4 heteroatoms. The molecule has 0 aliphatic heterocycles. The number of halogens is 1. The maximum atomic E-state index is 5.56. The first-order chi connectivity index (χ1) is 7.79. The zero-order valence-electron chi connectivity index (χ0n) is 8.56. The fourth-order valence-corrected chi connectivity index (χ4v) is 2.08. The Balaban J connectivity index is 2.23. The van der Waals surface area contributed by atoms with Crippen LogP contribution in [-0.2, 0) is 0 Å². The van der Waals surface area contributed by atoms with Gasteiger partial charge in [-0.1, -0.05) is 12.1 Å². The summed E-state index contributed by atoms with van der Waals surface area (Å²) in [6, 6.07) is 10.0. The Morgan fingerprint density at radius 1 is 1.19 bits per heavy atom. The van der Waals surface area contributed by atoms with Gasteiger partial charge in [0.25, 0.3) is 0 Å². The predicted molar refractivity (Wildman–Crippen MR) is 71.8 cm³/mol. The average Bonchev–Trinajstić information content (AvgIpc) is 2.83. The van der Waals surface area contributed by atoms with E-state index in [-0.39, 0.29) is 5.88 Å². The van der Waals surface area contributed by atoms with Gasteiger partial charge >= 0.3 is 0 Å². The first-order valence-corrected chi connectivity index (χ1v) is 6.29. The van der Waals surface area contributed by atoms with Gasteiger partial charge in [0, 0.05) is 0 Å². The van der Waals surface area contributed by atoms with Gasteiger partial charge in [-0.25, -0.2) is 4.99 Å². The second kappa shape index (κ2) is 5.14. The summed E-state index contributed by atoms with van der Waals surface area (Å²) in [7, 11) is 0. The number of amidine groups is 1. The van der Waals surface area contributed by atoms with E-state index in [1.807, 2.05) is 24.3 Å². The third-order valence-corrected chi connectivity index (χ3v) is 3.09. The Morgan fingerprint density at radius 3 is 2.50 bits per heavy atom. The van der Waals surface area contributed by atoms with E-state index in [0.29, 0.717) is 5.84 Å². The molecule has 2 rings (SSSR count). The minimum atomic E-state index is 0.256. The fraction of sp³-hybridized carbons (Fsp3) is 0.0833. The van der Waals surface area contributed by atoms with Crippen LogP contribution in [0.15, 0.2) is 46.1 Å². The molecule has 2 aromatic rings. The molecular formula is C12H11ClN2S. The molecule has 0 saturated carbocycles. The minimum Gasteiger partial charge on any atom is -0.386 e. The Morgan fingerprint density at radius 2 is 1.94 bits per heavy atom. The standard InChI is InChI=1S/C12H11ClN2S/c13-7-12(14)15-11-3-1-9(2-4-11)10-5-6-16-8-10/h1-6,8H,7H2,(H2,14,15). The Hall–Kier alpha value is -1.32. The molecule has 1 aromatic heterocycles. The molecule has 82 valence electrons. The molecule has 0 unspecified atom stereocenters. The van der Waals surface area contributed by atoms with Crippen molar-refractivity contribution < 1.29 is 0 Å². The van der Waals surface area contributed by atoms with Crippen molar-refractivity contribution in [1.29, 1.82) is 0 Å². The lowest BCUT2D eigenvalue weighted by Gasteiger charge is -1.99. The van der Waals surface area contributed by atoms with Crippen molar-refractivity contribution >= 4 is 34.5 Å². The zero-order valence-corrected chi connectivity index (χ0v) is 10.1. The molecular weight excluding hydrogens is 240 g/mol. The maximum Gasteiger partial charge on any atom is 0.115 e. The smallest absolute Gasteiger partial charge is 0.115 e. The summed E-state index contributed by atoms with van der Waals surface area (Å²) >= 11 is 7.25. The molecule has 0 spiro atoms. The summed E-state index contributed by atoms with van der Waals surface area (Å²) in [6.45, 7) is 0. The maximum absolute atomic E-state index is 5.56. The van der Waals surface area contributed by atoms with E-state index < -0.39 is 0 Å². The van der Waals surface area contributed by atoms with E-state index in [1.54, 1.807) is 11.3 Å². The van der Waals surface area contributed by atoms with Crippen LogP contribution in [0.5, 0.6) is 0 Å². The molecule has 0 aliphatic rings. The summed E-state index contributed by atoms with van der Waals surface area (Å²) in [6.07, 6.45) is 0. The number of hydrogen-bond acceptors (Lipinski definition) is 2. The first-order valence-electron chi connectivity index (χ1n) is 4.81. The van der Waals surface area contributed by atoms with Crippen molar-refractivity contribution in [3.05, 3.63) is 41.1 Å². The molecule has 1 aromatic carbocycles. The molecule has 2 N–H and O–H groups in total. The van der Waals surface area contributed by atoms with Gasteiger partial charge in [0.2, 0.25) is 0 Å². The highest BCUT2D eigenvalue weighted by Gasteiger charge is 1.98. The summed E-state index contributed by atoms with van der Waals surface area (Å²) in [4.78, 5) is 4.17. The molecule has 0 radical (unpaired) electrons. The lowest BCUT2D eigenvalue weighted by atomic mass is 10.1. The number of nitrogens with two attached hydrogens (primary N) is 1. The topological polar surface area (TPSA) is 38.4 Å². The molecule has 0 saturated heterocycles. The molecule has 1 heterocycles. The SMILES string of the molecule is NC(CCl)=Nc1ccc(-c2ccsc2)cc1. The summed E-state index contributed by atoms with van der Waals surface area (Å²) in [5, 5.41) is 4.18. The molecule has 0 bridgehead atoms. The number of rotatable bonds is 3. The predicted octanol–water partition coefficient (Wildman–Crippen LogP) is 3.64. The van der Waals surface area contributed by atoms with Gasteiger partial charge in [0.1, 0.15) is 5.84 Å². The van der Waals surface area contributed by atoms with Crippen molar-refractivity contribution in [2.75, 3.05) is 5.88 Å². The van der Waals surface area contributed by atoms with Crippen molar-refractivity contribution in [1.82, 2.24) is 0 Å². The second-order valence-corrected chi connectivity index (χ2v) is 4.34. The van der Waals surface area contributed by atoms with Crippen LogP contribution in [0.2, 0.25) is 0 Å². The van der Waals surface area contributed by atoms with Gasteiger partial charge in [-0.2, -0.15) is 11.3 Å². The lowest BCUT2D eigenvalue weighted by molar-refractivity contribution is 1.45. The fourth-order valence-electron chi connectivity index (χ4n) is 1.35. The summed E-state index contributed by atoms with van der Waals surface area (Å²) in [5.41, 5.74) is 8.80. The first kappa shape index (κ1) is 11.2. The molecule has 16 heavy (non-hydrogen) atoms. The van der Waals surface area contributed by atoms with Crippen LogP contribution in [0, 0.1) is 0 Å². The quantitative estimate of drug-likeness (QED) is 0.504. The van der Waals surface area contributed by atoms with Gasteiger partial charge in [-0.3, -0.25) is 0 Å². The molecule has 2 nitrogen and oxygen atoms in total. The minimum absolute atomic E-state index is 0.256. The number of hydrogen-bond donors (Lipinski definition) is 1. The van der Waals surface area contributed by atoms with Gasteiger partial charge in [-0.15, -0.1) is 11.6 Å². The zero-order chi connectivity index (χ0) is 11.4. The van der Waals surface area contributed by atoms with Gasteiger partial charge in [0.15, 0.2) is 0 Å². The van der Waals surface area contributed by atoms with E-state index >= 15 is 0 Å². The van der Waals surface area contributed by atoms with Gasteiger partial charge in [-0.05, 0) is 40.1 Å². The molecule has 0 atom stereocenters. The van der Waals surface area contributed by atoms with Crippen LogP contribution in [0.25, 0.3) is 11.1 Å². The van der Waals surface area contributed by atoms with E-state index in [0.717, 1.165) is 5.69 Å². The largest absolute Gasteiger partial charge is 0.386 e. The Bertz CT molecular complexity index is 474. The molecule has 0 fully saturated rings. The normalized spacial score (nSPS) is 11.7. The second-order valence-electron chi connectivity index (χ2n) is 3.30. The van der Waals surface area contributed by atoms with Crippen molar-refractivity contribution in [2.24, 2.45) is 10.7 Å². The van der Waals surface area contributed by atoms with E-state index in [9.17, 15) is 0 Å². The third kappa shape index (κ3) is 2.62. The average molecular weight is 251 g/mol. The van der Waals surface area contributed by atoms with Gasteiger partial charge < -0.3 is 5.73 Å². The Kier molecular flexibility index (Phi) is 3.59. The van der Waals surface area contributed by atoms with Crippen LogP contribution < -0.4 is 5.73 Å². The van der Waals surface area contributed by atoms with Crippen molar-refractivity contribution in [3.8, 4) is 11.1 Å². The van der Waals surface area contributed by atoms with Crippen LogP contribution in [0.3, 0.4) is 0 Å². The monoisotopic (exact) mass is 250 g/mol. The number of aliphatic imine (C=N–C) groups is 1.